The topological polar surface area (TPSA) is 90.7 Å². The standard InChI is InChI=1S/C18H29N5O3/c1-18(2,3)23-9-12(7-16(23)25)8-19-17(26)22-6-5-15-13(10-22)14(11-24)20-21(15)4/h12,24H,5-11H2,1-4H3,(H,19,26)/t12-/m0/s1. The molecule has 0 bridgehead atoms. The predicted octanol–water partition coefficient (Wildman–Crippen LogP) is 0.627. The number of aliphatic hydroxyl groups excluding tert-OH is 1. The van der Waals surface area contributed by atoms with Gasteiger partial charge in [-0.1, -0.05) is 0 Å². The first kappa shape index (κ1) is 18.7. The van der Waals surface area contributed by atoms with Crippen LogP contribution in [0.4, 0.5) is 4.79 Å². The van der Waals surface area contributed by atoms with Crippen molar-refractivity contribution in [2.24, 2.45) is 13.0 Å². The van der Waals surface area contributed by atoms with Crippen LogP contribution in [-0.4, -0.2) is 61.8 Å². The van der Waals surface area contributed by atoms with E-state index in [0.29, 0.717) is 38.3 Å². The lowest BCUT2D eigenvalue weighted by molar-refractivity contribution is -0.131. The summed E-state index contributed by atoms with van der Waals surface area (Å²) in [6.45, 7) is 8.25. The molecule has 2 N–H and O–H groups in total. The number of likely N-dealkylation sites (tertiary alicyclic amines) is 1. The number of aromatic nitrogens is 2. The Balaban J connectivity index is 1.56. The number of rotatable bonds is 3. The highest BCUT2D eigenvalue weighted by molar-refractivity contribution is 5.80. The monoisotopic (exact) mass is 363 g/mol. The highest BCUT2D eigenvalue weighted by atomic mass is 16.3. The van der Waals surface area contributed by atoms with Crippen LogP contribution in [0.2, 0.25) is 0 Å². The minimum atomic E-state index is -0.180. The summed E-state index contributed by atoms with van der Waals surface area (Å²) in [6, 6.07) is -0.120. The number of hydrogen-bond acceptors (Lipinski definition) is 4. The summed E-state index contributed by atoms with van der Waals surface area (Å²) >= 11 is 0. The maximum atomic E-state index is 12.6. The van der Waals surface area contributed by atoms with Crippen LogP contribution in [0, 0.1) is 5.92 Å². The molecule has 1 aromatic heterocycles. The van der Waals surface area contributed by atoms with E-state index in [1.807, 2.05) is 32.7 Å². The zero-order valence-electron chi connectivity index (χ0n) is 16.1. The van der Waals surface area contributed by atoms with Crippen LogP contribution >= 0.6 is 0 Å². The normalized spacial score (nSPS) is 20.5. The molecule has 1 aromatic rings. The van der Waals surface area contributed by atoms with Crippen molar-refractivity contribution in [1.29, 1.82) is 0 Å². The minimum Gasteiger partial charge on any atom is -0.390 e. The molecule has 1 saturated heterocycles. The van der Waals surface area contributed by atoms with Gasteiger partial charge >= 0.3 is 6.03 Å². The van der Waals surface area contributed by atoms with Gasteiger partial charge in [0, 0.05) is 62.2 Å². The Bertz CT molecular complexity index is 706. The molecule has 3 rings (SSSR count). The third-order valence-electron chi connectivity index (χ3n) is 5.32. The number of urea groups is 1. The van der Waals surface area contributed by atoms with E-state index in [2.05, 4.69) is 10.4 Å². The first-order valence-corrected chi connectivity index (χ1v) is 9.18. The fraction of sp³-hybridized carbons (Fsp3) is 0.722. The van der Waals surface area contributed by atoms with Crippen molar-refractivity contribution in [3.63, 3.8) is 0 Å². The maximum absolute atomic E-state index is 12.6. The quantitative estimate of drug-likeness (QED) is 0.824. The molecule has 3 heterocycles. The number of carbonyl (C=O) groups is 2. The molecular weight excluding hydrogens is 334 g/mol. The van der Waals surface area contributed by atoms with Gasteiger partial charge in [-0.15, -0.1) is 0 Å². The van der Waals surface area contributed by atoms with E-state index in [1.165, 1.54) is 0 Å². The predicted molar refractivity (Wildman–Crippen MR) is 96.2 cm³/mol. The molecule has 0 aromatic carbocycles. The van der Waals surface area contributed by atoms with E-state index in [4.69, 9.17) is 0 Å². The van der Waals surface area contributed by atoms with E-state index in [-0.39, 0.29) is 30.0 Å². The first-order valence-electron chi connectivity index (χ1n) is 9.18. The second-order valence-corrected chi connectivity index (χ2v) is 8.26. The third kappa shape index (κ3) is 3.56. The molecular formula is C18H29N5O3. The van der Waals surface area contributed by atoms with Gasteiger partial charge in [0.25, 0.3) is 0 Å². The molecule has 1 atom stereocenters. The molecule has 0 saturated carbocycles. The molecule has 2 aliphatic heterocycles. The Hall–Kier alpha value is -2.09. The molecule has 8 heteroatoms. The molecule has 0 spiro atoms. The molecule has 3 amide bonds. The smallest absolute Gasteiger partial charge is 0.317 e. The fourth-order valence-corrected chi connectivity index (χ4v) is 3.88. The summed E-state index contributed by atoms with van der Waals surface area (Å²) in [7, 11) is 1.87. The molecule has 0 unspecified atom stereocenters. The molecule has 8 nitrogen and oxygen atoms in total. The van der Waals surface area contributed by atoms with E-state index >= 15 is 0 Å². The van der Waals surface area contributed by atoms with Gasteiger partial charge in [-0.05, 0) is 20.8 Å². The summed E-state index contributed by atoms with van der Waals surface area (Å²) in [5.41, 5.74) is 2.49. The summed E-state index contributed by atoms with van der Waals surface area (Å²) in [6.07, 6.45) is 1.21. The van der Waals surface area contributed by atoms with Gasteiger partial charge in [0.05, 0.1) is 18.8 Å². The number of aliphatic hydroxyl groups is 1. The number of fused-ring (bicyclic) bond motifs is 1. The van der Waals surface area contributed by atoms with Crippen LogP contribution in [0.3, 0.4) is 0 Å². The SMILES string of the molecule is Cn1nc(CO)c2c1CCN(C(=O)NC[C@@H]1CC(=O)N(C(C)(C)C)C1)C2. The van der Waals surface area contributed by atoms with Crippen LogP contribution in [-0.2, 0) is 31.4 Å². The number of hydrogen-bond donors (Lipinski definition) is 2. The van der Waals surface area contributed by atoms with Gasteiger partial charge in [0.1, 0.15) is 0 Å². The van der Waals surface area contributed by atoms with Gasteiger partial charge in [0.15, 0.2) is 0 Å². The summed E-state index contributed by atoms with van der Waals surface area (Å²) in [5, 5.41) is 16.8. The lowest BCUT2D eigenvalue weighted by atomic mass is 10.1. The largest absolute Gasteiger partial charge is 0.390 e. The number of aryl methyl sites for hydroxylation is 1. The van der Waals surface area contributed by atoms with Crippen molar-refractivity contribution >= 4 is 11.9 Å². The highest BCUT2D eigenvalue weighted by Gasteiger charge is 2.36. The van der Waals surface area contributed by atoms with Crippen molar-refractivity contribution in [3.8, 4) is 0 Å². The van der Waals surface area contributed by atoms with Gasteiger partial charge in [-0.25, -0.2) is 4.79 Å². The van der Waals surface area contributed by atoms with Gasteiger partial charge in [-0.3, -0.25) is 9.48 Å². The Morgan fingerprint density at radius 2 is 2.12 bits per heavy atom. The van der Waals surface area contributed by atoms with E-state index in [9.17, 15) is 14.7 Å². The molecule has 1 fully saturated rings. The summed E-state index contributed by atoms with van der Waals surface area (Å²) < 4.78 is 1.79. The van der Waals surface area contributed by atoms with Crippen LogP contribution in [0.5, 0.6) is 0 Å². The van der Waals surface area contributed by atoms with Crippen LogP contribution in [0.15, 0.2) is 0 Å². The van der Waals surface area contributed by atoms with Crippen molar-refractivity contribution in [2.45, 2.75) is 52.3 Å². The zero-order valence-corrected chi connectivity index (χ0v) is 16.1. The fourth-order valence-electron chi connectivity index (χ4n) is 3.88. The number of nitrogens with zero attached hydrogens (tertiary/aromatic N) is 4. The Kier molecular flexibility index (Phi) is 4.96. The lowest BCUT2D eigenvalue weighted by Gasteiger charge is -2.32. The summed E-state index contributed by atoms with van der Waals surface area (Å²) in [4.78, 5) is 28.4. The van der Waals surface area contributed by atoms with E-state index < -0.39 is 0 Å². The Morgan fingerprint density at radius 3 is 2.73 bits per heavy atom. The van der Waals surface area contributed by atoms with Gasteiger partial charge in [-0.2, -0.15) is 5.10 Å². The average Bonchev–Trinajstić information content (AvgIpc) is 3.12. The van der Waals surface area contributed by atoms with Crippen molar-refractivity contribution in [2.75, 3.05) is 19.6 Å². The van der Waals surface area contributed by atoms with Gasteiger partial charge in [0.2, 0.25) is 5.91 Å². The first-order chi connectivity index (χ1) is 12.2. The van der Waals surface area contributed by atoms with E-state index in [1.54, 1.807) is 9.58 Å². The molecule has 0 radical (unpaired) electrons. The number of amides is 3. The molecule has 26 heavy (non-hydrogen) atoms. The van der Waals surface area contributed by atoms with Crippen LogP contribution < -0.4 is 5.32 Å². The van der Waals surface area contributed by atoms with Crippen LogP contribution in [0.1, 0.15) is 44.1 Å². The molecule has 0 aliphatic carbocycles. The molecule has 144 valence electrons. The molecule has 2 aliphatic rings. The van der Waals surface area contributed by atoms with Crippen molar-refractivity contribution < 1.29 is 14.7 Å². The minimum absolute atomic E-state index is 0.120. The Morgan fingerprint density at radius 1 is 1.38 bits per heavy atom. The maximum Gasteiger partial charge on any atom is 0.317 e. The number of nitrogens with one attached hydrogen (secondary N) is 1. The van der Waals surface area contributed by atoms with Crippen molar-refractivity contribution in [1.82, 2.24) is 24.9 Å². The highest BCUT2D eigenvalue weighted by Crippen LogP contribution is 2.26. The Labute approximate surface area is 154 Å². The lowest BCUT2D eigenvalue weighted by Crippen LogP contribution is -2.45. The second-order valence-electron chi connectivity index (χ2n) is 8.26. The van der Waals surface area contributed by atoms with E-state index in [0.717, 1.165) is 17.7 Å². The summed E-state index contributed by atoms with van der Waals surface area (Å²) in [5.74, 6) is 0.305. The van der Waals surface area contributed by atoms with Gasteiger partial charge < -0.3 is 20.2 Å². The van der Waals surface area contributed by atoms with Crippen molar-refractivity contribution in [3.05, 3.63) is 17.0 Å². The number of carbonyl (C=O) groups excluding carboxylic acids is 2. The zero-order chi connectivity index (χ0) is 19.1. The second kappa shape index (κ2) is 6.90. The average molecular weight is 363 g/mol. The third-order valence-corrected chi connectivity index (χ3v) is 5.32. The van der Waals surface area contributed by atoms with Crippen LogP contribution in [0.25, 0.3) is 0 Å².